The molecule has 0 spiro atoms. The van der Waals surface area contributed by atoms with Gasteiger partial charge in [-0.05, 0) is 48.8 Å². The van der Waals surface area contributed by atoms with Crippen molar-refractivity contribution in [1.82, 2.24) is 9.80 Å². The van der Waals surface area contributed by atoms with Gasteiger partial charge in [-0.3, -0.25) is 14.6 Å². The van der Waals surface area contributed by atoms with Gasteiger partial charge in [0, 0.05) is 37.6 Å². The molecule has 0 saturated carbocycles. The summed E-state index contributed by atoms with van der Waals surface area (Å²) in [6, 6.07) is 10.9. The lowest BCUT2D eigenvalue weighted by Crippen LogP contribution is -2.48. The van der Waals surface area contributed by atoms with E-state index in [1.165, 1.54) is 28.0 Å². The Morgan fingerprint density at radius 3 is 2.68 bits per heavy atom. The lowest BCUT2D eigenvalue weighted by atomic mass is 9.86. The quantitative estimate of drug-likeness (QED) is 0.737. The highest BCUT2D eigenvalue weighted by molar-refractivity contribution is 7.16. The number of anilines is 1. The van der Waals surface area contributed by atoms with Crippen LogP contribution in [-0.2, 0) is 24.2 Å². The summed E-state index contributed by atoms with van der Waals surface area (Å²) in [5.41, 5.74) is 4.59. The van der Waals surface area contributed by atoms with Crippen LogP contribution in [0.5, 0.6) is 0 Å². The molecule has 1 saturated heterocycles. The minimum Gasteiger partial charge on any atom is -0.315 e. The molecule has 1 aliphatic carbocycles. The van der Waals surface area contributed by atoms with Crippen LogP contribution in [0, 0.1) is 24.2 Å². The molecule has 1 fully saturated rings. The van der Waals surface area contributed by atoms with Gasteiger partial charge in [0.1, 0.15) is 11.1 Å². The van der Waals surface area contributed by atoms with E-state index >= 15 is 0 Å². The van der Waals surface area contributed by atoms with Crippen molar-refractivity contribution < 1.29 is 4.79 Å². The summed E-state index contributed by atoms with van der Waals surface area (Å²) in [5.74, 6) is 0.701. The van der Waals surface area contributed by atoms with Crippen molar-refractivity contribution in [2.24, 2.45) is 5.92 Å². The second-order valence-electron chi connectivity index (χ2n) is 8.86. The van der Waals surface area contributed by atoms with Crippen molar-refractivity contribution in [3.8, 4) is 6.07 Å². The maximum Gasteiger partial charge on any atom is 0.239 e. The third kappa shape index (κ3) is 5.17. The van der Waals surface area contributed by atoms with Crippen LogP contribution in [-0.4, -0.2) is 48.4 Å². The number of nitrogens with zero attached hydrogens (tertiary/aromatic N) is 3. The molecule has 1 aliphatic heterocycles. The summed E-state index contributed by atoms with van der Waals surface area (Å²) >= 11 is 1.62. The van der Waals surface area contributed by atoms with Gasteiger partial charge < -0.3 is 5.32 Å². The third-order valence-corrected chi connectivity index (χ3v) is 7.97. The Balaban J connectivity index is 1.30. The predicted octanol–water partition coefficient (Wildman–Crippen LogP) is 4.20. The summed E-state index contributed by atoms with van der Waals surface area (Å²) in [6.45, 7) is 9.48. The summed E-state index contributed by atoms with van der Waals surface area (Å²) < 4.78 is 0. The SMILES string of the molecule is CCC1CCc2c(sc(NC(=O)CN3CCN(Cc4ccccc4C)CC3)c2C#N)C1. The average molecular weight is 437 g/mol. The van der Waals surface area contributed by atoms with E-state index in [9.17, 15) is 10.1 Å². The van der Waals surface area contributed by atoms with E-state index in [-0.39, 0.29) is 5.91 Å². The Morgan fingerprint density at radius 1 is 1.23 bits per heavy atom. The Hall–Kier alpha value is -2.20. The van der Waals surface area contributed by atoms with Gasteiger partial charge in [-0.1, -0.05) is 37.6 Å². The van der Waals surface area contributed by atoms with Gasteiger partial charge in [0.15, 0.2) is 0 Å². The number of benzene rings is 1. The molecule has 1 atom stereocenters. The number of amides is 1. The fraction of sp³-hybridized carbons (Fsp3) is 0.520. The topological polar surface area (TPSA) is 59.4 Å². The number of carbonyl (C=O) groups is 1. The number of nitriles is 1. The van der Waals surface area contributed by atoms with Crippen LogP contribution in [0.2, 0.25) is 0 Å². The van der Waals surface area contributed by atoms with Crippen molar-refractivity contribution in [2.75, 3.05) is 38.0 Å². The Labute approximate surface area is 189 Å². The molecule has 2 heterocycles. The van der Waals surface area contributed by atoms with Gasteiger partial charge in [-0.25, -0.2) is 0 Å². The molecule has 1 aromatic carbocycles. The van der Waals surface area contributed by atoms with Crippen molar-refractivity contribution in [1.29, 1.82) is 5.26 Å². The Morgan fingerprint density at radius 2 is 1.97 bits per heavy atom. The Bertz CT molecular complexity index is 968. The second-order valence-corrected chi connectivity index (χ2v) is 9.97. The summed E-state index contributed by atoms with van der Waals surface area (Å²) in [5, 5.41) is 13.5. The number of fused-ring (bicyclic) bond motifs is 1. The average Bonchev–Trinajstić information content (AvgIpc) is 3.12. The summed E-state index contributed by atoms with van der Waals surface area (Å²) in [6.07, 6.45) is 4.33. The molecule has 5 nitrogen and oxygen atoms in total. The van der Waals surface area contributed by atoms with Crippen molar-refractivity contribution in [3.63, 3.8) is 0 Å². The molecule has 4 rings (SSSR count). The molecule has 6 heteroatoms. The van der Waals surface area contributed by atoms with Gasteiger partial charge in [0.25, 0.3) is 0 Å². The zero-order chi connectivity index (χ0) is 21.8. The number of hydrogen-bond donors (Lipinski definition) is 1. The summed E-state index contributed by atoms with van der Waals surface area (Å²) in [4.78, 5) is 18.7. The monoisotopic (exact) mass is 436 g/mol. The lowest BCUT2D eigenvalue weighted by Gasteiger charge is -2.34. The van der Waals surface area contributed by atoms with Gasteiger partial charge >= 0.3 is 0 Å². The van der Waals surface area contributed by atoms with Crippen LogP contribution >= 0.6 is 11.3 Å². The van der Waals surface area contributed by atoms with E-state index < -0.39 is 0 Å². The zero-order valence-electron chi connectivity index (χ0n) is 18.6. The normalized spacial score (nSPS) is 19.6. The van der Waals surface area contributed by atoms with E-state index in [1.807, 2.05) is 0 Å². The number of thiophene rings is 1. The number of hydrogen-bond acceptors (Lipinski definition) is 5. The molecular weight excluding hydrogens is 404 g/mol. The van der Waals surface area contributed by atoms with Crippen LogP contribution in [0.3, 0.4) is 0 Å². The molecule has 1 N–H and O–H groups in total. The molecule has 1 amide bonds. The minimum atomic E-state index is -0.00510. The van der Waals surface area contributed by atoms with E-state index in [4.69, 9.17) is 0 Å². The van der Waals surface area contributed by atoms with Crippen LogP contribution in [0.1, 0.15) is 46.9 Å². The number of piperazine rings is 1. The first-order valence-electron chi connectivity index (χ1n) is 11.4. The van der Waals surface area contributed by atoms with Crippen molar-refractivity contribution in [2.45, 2.75) is 46.1 Å². The maximum atomic E-state index is 12.7. The molecule has 164 valence electrons. The highest BCUT2D eigenvalue weighted by Crippen LogP contribution is 2.40. The third-order valence-electron chi connectivity index (χ3n) is 6.80. The van der Waals surface area contributed by atoms with Crippen molar-refractivity contribution in [3.05, 3.63) is 51.4 Å². The number of rotatable bonds is 6. The van der Waals surface area contributed by atoms with Gasteiger partial charge in [-0.15, -0.1) is 11.3 Å². The van der Waals surface area contributed by atoms with Crippen LogP contribution in [0.25, 0.3) is 0 Å². The molecule has 2 aliphatic rings. The highest BCUT2D eigenvalue weighted by Gasteiger charge is 2.26. The molecule has 1 unspecified atom stereocenters. The Kier molecular flexibility index (Phi) is 7.06. The maximum absolute atomic E-state index is 12.7. The van der Waals surface area contributed by atoms with Gasteiger partial charge in [0.2, 0.25) is 5.91 Å². The first-order chi connectivity index (χ1) is 15.1. The molecular formula is C25H32N4OS. The second kappa shape index (κ2) is 9.95. The van der Waals surface area contributed by atoms with E-state index in [0.717, 1.165) is 57.0 Å². The van der Waals surface area contributed by atoms with Crippen molar-refractivity contribution >= 4 is 22.2 Å². The number of nitrogens with one attached hydrogen (secondary N) is 1. The lowest BCUT2D eigenvalue weighted by molar-refractivity contribution is -0.117. The van der Waals surface area contributed by atoms with E-state index in [2.05, 4.69) is 59.3 Å². The number of carbonyl (C=O) groups excluding carboxylic acids is 1. The largest absolute Gasteiger partial charge is 0.315 e. The van der Waals surface area contributed by atoms with Crippen LogP contribution in [0.15, 0.2) is 24.3 Å². The molecule has 31 heavy (non-hydrogen) atoms. The zero-order valence-corrected chi connectivity index (χ0v) is 19.4. The highest BCUT2D eigenvalue weighted by atomic mass is 32.1. The number of aryl methyl sites for hydroxylation is 1. The fourth-order valence-corrected chi connectivity index (χ4v) is 6.04. The first kappa shape index (κ1) is 22.0. The van der Waals surface area contributed by atoms with Crippen LogP contribution < -0.4 is 5.32 Å². The minimum absolute atomic E-state index is 0.00510. The van der Waals surface area contributed by atoms with E-state index in [1.54, 1.807) is 11.3 Å². The van der Waals surface area contributed by atoms with E-state index in [0.29, 0.717) is 18.0 Å². The molecule has 1 aromatic heterocycles. The molecule has 0 bridgehead atoms. The standard InChI is InChI=1S/C25H32N4OS/c1-3-19-8-9-21-22(15-26)25(31-23(21)14-19)27-24(30)17-29-12-10-28(11-13-29)16-20-7-5-4-6-18(20)2/h4-7,19H,3,8-14,16-17H2,1-2H3,(H,27,30). The fourth-order valence-electron chi connectivity index (χ4n) is 4.71. The van der Waals surface area contributed by atoms with Gasteiger partial charge in [-0.2, -0.15) is 5.26 Å². The first-order valence-corrected chi connectivity index (χ1v) is 12.2. The summed E-state index contributed by atoms with van der Waals surface area (Å²) in [7, 11) is 0. The van der Waals surface area contributed by atoms with Gasteiger partial charge in [0.05, 0.1) is 12.1 Å². The predicted molar refractivity (Wildman–Crippen MR) is 126 cm³/mol. The molecule has 0 radical (unpaired) electrons. The van der Waals surface area contributed by atoms with Crippen LogP contribution in [0.4, 0.5) is 5.00 Å². The molecule has 2 aromatic rings. The smallest absolute Gasteiger partial charge is 0.239 e.